The van der Waals surface area contributed by atoms with Crippen LogP contribution in [0.1, 0.15) is 39.0 Å². The molecule has 1 aromatic carbocycles. The quantitative estimate of drug-likeness (QED) is 0.571. The van der Waals surface area contributed by atoms with Crippen LogP contribution in [0.4, 0.5) is 4.79 Å². The van der Waals surface area contributed by atoms with Crippen molar-refractivity contribution in [2.75, 3.05) is 6.54 Å². The first-order valence-corrected chi connectivity index (χ1v) is 10.5. The van der Waals surface area contributed by atoms with Crippen molar-refractivity contribution >= 4 is 30.5 Å². The predicted octanol–water partition coefficient (Wildman–Crippen LogP) is 3.90. The van der Waals surface area contributed by atoms with E-state index in [0.29, 0.717) is 16.8 Å². The van der Waals surface area contributed by atoms with Crippen molar-refractivity contribution in [1.29, 1.82) is 0 Å². The van der Waals surface area contributed by atoms with Crippen LogP contribution in [0.5, 0.6) is 0 Å². The van der Waals surface area contributed by atoms with Gasteiger partial charge in [0.1, 0.15) is 12.1 Å². The van der Waals surface area contributed by atoms with Gasteiger partial charge in [-0.2, -0.15) is 0 Å². The standard InChI is InChI=1S/C23H27BN4O4/c1-22(2)23(3,4)32-24(31-22)17(12-18-14-26-20-19(28-18)10-11-25-20)13-27-21(29)30-15-16-8-6-5-7-9-16/h5-12,14H,13,15H2,1-4H3,(H,25,26)(H,27,29). The maximum Gasteiger partial charge on any atom is 0.492 e. The number of ether oxygens (including phenoxy) is 1. The summed E-state index contributed by atoms with van der Waals surface area (Å²) in [5.41, 5.74) is 2.70. The fraction of sp³-hybridized carbons (Fsp3) is 0.348. The molecule has 0 spiro atoms. The molecule has 0 bridgehead atoms. The van der Waals surface area contributed by atoms with Gasteiger partial charge in [-0.05, 0) is 50.9 Å². The summed E-state index contributed by atoms with van der Waals surface area (Å²) in [6.07, 6.45) is 4.76. The van der Waals surface area contributed by atoms with Crippen LogP contribution in [-0.4, -0.2) is 45.9 Å². The smallest absolute Gasteiger partial charge is 0.445 e. The molecule has 1 saturated heterocycles. The second-order valence-corrected chi connectivity index (χ2v) is 8.73. The molecular weight excluding hydrogens is 407 g/mol. The molecule has 166 valence electrons. The van der Waals surface area contributed by atoms with Crippen LogP contribution >= 0.6 is 0 Å². The van der Waals surface area contributed by atoms with Crippen LogP contribution in [0.25, 0.3) is 17.2 Å². The molecule has 32 heavy (non-hydrogen) atoms. The van der Waals surface area contributed by atoms with E-state index in [0.717, 1.165) is 11.1 Å². The summed E-state index contributed by atoms with van der Waals surface area (Å²) < 4.78 is 17.7. The van der Waals surface area contributed by atoms with E-state index in [-0.39, 0.29) is 13.2 Å². The van der Waals surface area contributed by atoms with Crippen molar-refractivity contribution < 1.29 is 18.8 Å². The fourth-order valence-electron chi connectivity index (χ4n) is 3.25. The predicted molar refractivity (Wildman–Crippen MR) is 123 cm³/mol. The molecule has 0 radical (unpaired) electrons. The minimum atomic E-state index is -0.641. The van der Waals surface area contributed by atoms with Crippen molar-refractivity contribution in [3.63, 3.8) is 0 Å². The van der Waals surface area contributed by atoms with Crippen LogP contribution in [0.2, 0.25) is 0 Å². The molecule has 0 unspecified atom stereocenters. The maximum absolute atomic E-state index is 12.3. The average molecular weight is 434 g/mol. The van der Waals surface area contributed by atoms with E-state index in [1.165, 1.54) is 0 Å². The Morgan fingerprint density at radius 2 is 1.88 bits per heavy atom. The highest BCUT2D eigenvalue weighted by Gasteiger charge is 2.52. The Kier molecular flexibility index (Phi) is 6.03. The van der Waals surface area contributed by atoms with Crippen molar-refractivity contribution in [1.82, 2.24) is 20.3 Å². The van der Waals surface area contributed by atoms with Gasteiger partial charge in [0.25, 0.3) is 0 Å². The van der Waals surface area contributed by atoms with Gasteiger partial charge in [0.2, 0.25) is 0 Å². The molecule has 1 amide bonds. The number of amides is 1. The molecule has 2 aromatic heterocycles. The SMILES string of the molecule is CC1(C)OB(C(=Cc2cnc3[nH]ccc3n2)CNC(=O)OCc2ccccc2)OC1(C)C. The van der Waals surface area contributed by atoms with Gasteiger partial charge in [-0.15, -0.1) is 0 Å². The molecule has 2 N–H and O–H groups in total. The molecule has 8 nitrogen and oxygen atoms in total. The van der Waals surface area contributed by atoms with Crippen LogP contribution in [0.3, 0.4) is 0 Å². The summed E-state index contributed by atoms with van der Waals surface area (Å²) in [5, 5.41) is 2.79. The summed E-state index contributed by atoms with van der Waals surface area (Å²) in [4.78, 5) is 24.3. The number of rotatable bonds is 6. The lowest BCUT2D eigenvalue weighted by Crippen LogP contribution is -2.41. The number of aromatic nitrogens is 3. The van der Waals surface area contributed by atoms with Gasteiger partial charge in [0.05, 0.1) is 23.1 Å². The normalized spacial score (nSPS) is 17.5. The van der Waals surface area contributed by atoms with Gasteiger partial charge >= 0.3 is 13.2 Å². The van der Waals surface area contributed by atoms with Gasteiger partial charge in [-0.1, -0.05) is 30.3 Å². The minimum absolute atomic E-state index is 0.178. The second-order valence-electron chi connectivity index (χ2n) is 8.73. The number of carbonyl (C=O) groups is 1. The third-order valence-electron chi connectivity index (χ3n) is 5.82. The van der Waals surface area contributed by atoms with E-state index in [9.17, 15) is 4.79 Å². The van der Waals surface area contributed by atoms with Crippen LogP contribution in [-0.2, 0) is 20.7 Å². The Labute approximate surface area is 187 Å². The van der Waals surface area contributed by atoms with Gasteiger partial charge in [-0.25, -0.2) is 14.8 Å². The molecule has 0 aliphatic carbocycles. The molecule has 1 aliphatic heterocycles. The van der Waals surface area contributed by atoms with Gasteiger partial charge < -0.3 is 24.3 Å². The number of H-pyrrole nitrogens is 1. The maximum atomic E-state index is 12.3. The number of carbonyl (C=O) groups excluding carboxylic acids is 1. The van der Waals surface area contributed by atoms with Crippen LogP contribution in [0, 0.1) is 0 Å². The molecule has 1 aliphatic rings. The van der Waals surface area contributed by atoms with Crippen molar-refractivity contribution in [2.45, 2.75) is 45.5 Å². The highest BCUT2D eigenvalue weighted by atomic mass is 16.7. The summed E-state index contributed by atoms with van der Waals surface area (Å²) >= 11 is 0. The first-order valence-electron chi connectivity index (χ1n) is 10.5. The summed E-state index contributed by atoms with van der Waals surface area (Å²) in [6.45, 7) is 8.31. The Bertz CT molecular complexity index is 1110. The number of nitrogens with zero attached hydrogens (tertiary/aromatic N) is 2. The Balaban J connectivity index is 1.50. The number of hydrogen-bond donors (Lipinski definition) is 2. The molecule has 1 fully saturated rings. The molecular formula is C23H27BN4O4. The van der Waals surface area contributed by atoms with Gasteiger partial charge in [-0.3, -0.25) is 0 Å². The third kappa shape index (κ3) is 4.84. The third-order valence-corrected chi connectivity index (χ3v) is 5.82. The lowest BCUT2D eigenvalue weighted by Gasteiger charge is -2.32. The van der Waals surface area contributed by atoms with Gasteiger partial charge in [0.15, 0.2) is 5.65 Å². The zero-order valence-corrected chi connectivity index (χ0v) is 18.7. The zero-order chi connectivity index (χ0) is 22.8. The van der Waals surface area contributed by atoms with E-state index >= 15 is 0 Å². The number of aromatic amines is 1. The first kappa shape index (κ1) is 22.0. The second kappa shape index (κ2) is 8.76. The topological polar surface area (TPSA) is 98.4 Å². The first-order chi connectivity index (χ1) is 15.2. The molecule has 4 rings (SSSR count). The number of nitrogens with one attached hydrogen (secondary N) is 2. The van der Waals surface area contributed by atoms with Crippen LogP contribution < -0.4 is 5.32 Å². The monoisotopic (exact) mass is 434 g/mol. The van der Waals surface area contributed by atoms with Gasteiger partial charge in [0, 0.05) is 12.7 Å². The number of hydrogen-bond acceptors (Lipinski definition) is 6. The molecule has 3 aromatic rings. The van der Waals surface area contributed by atoms with Crippen molar-refractivity contribution in [3.05, 3.63) is 65.5 Å². The number of benzene rings is 1. The van der Waals surface area contributed by atoms with E-state index in [4.69, 9.17) is 14.0 Å². The fourth-order valence-corrected chi connectivity index (χ4v) is 3.25. The molecule has 9 heteroatoms. The average Bonchev–Trinajstić information content (AvgIpc) is 3.31. The number of fused-ring (bicyclic) bond motifs is 1. The van der Waals surface area contributed by atoms with Crippen molar-refractivity contribution in [3.8, 4) is 0 Å². The molecule has 0 atom stereocenters. The Morgan fingerprint density at radius 3 is 2.59 bits per heavy atom. The summed E-state index contributed by atoms with van der Waals surface area (Å²) in [6, 6.07) is 11.4. The molecule has 0 saturated carbocycles. The Morgan fingerprint density at radius 1 is 1.16 bits per heavy atom. The van der Waals surface area contributed by atoms with Crippen molar-refractivity contribution in [2.24, 2.45) is 0 Å². The van der Waals surface area contributed by atoms with Crippen LogP contribution in [0.15, 0.2) is 54.3 Å². The lowest BCUT2D eigenvalue weighted by atomic mass is 9.77. The highest BCUT2D eigenvalue weighted by molar-refractivity contribution is 6.56. The summed E-state index contributed by atoms with van der Waals surface area (Å²) in [7, 11) is -0.641. The van der Waals surface area contributed by atoms with E-state index in [1.807, 2.05) is 70.2 Å². The number of alkyl carbamates (subject to hydrolysis) is 1. The summed E-state index contributed by atoms with van der Waals surface area (Å²) in [5.74, 6) is 0. The minimum Gasteiger partial charge on any atom is -0.445 e. The molecule has 3 heterocycles. The lowest BCUT2D eigenvalue weighted by molar-refractivity contribution is 0.00578. The largest absolute Gasteiger partial charge is 0.492 e. The Hall–Kier alpha value is -3.17. The highest BCUT2D eigenvalue weighted by Crippen LogP contribution is 2.38. The zero-order valence-electron chi connectivity index (χ0n) is 18.7. The van der Waals surface area contributed by atoms with E-state index in [1.54, 1.807) is 12.4 Å². The van der Waals surface area contributed by atoms with E-state index in [2.05, 4.69) is 20.3 Å². The van der Waals surface area contributed by atoms with E-state index < -0.39 is 24.4 Å².